The fraction of sp³-hybridized carbons (Fsp3) is 0.0833. The number of anilines is 1. The Morgan fingerprint density at radius 1 is 1.32 bits per heavy atom. The monoisotopic (exact) mass is 278 g/mol. The van der Waals surface area contributed by atoms with Gasteiger partial charge in [-0.3, -0.25) is 4.79 Å². The molecule has 5 nitrogen and oxygen atoms in total. The van der Waals surface area contributed by atoms with Crippen LogP contribution in [0.3, 0.4) is 0 Å². The molecule has 0 radical (unpaired) electrons. The number of benzene rings is 1. The van der Waals surface area contributed by atoms with E-state index < -0.39 is 11.7 Å². The van der Waals surface area contributed by atoms with Crippen molar-refractivity contribution in [1.82, 2.24) is 9.97 Å². The van der Waals surface area contributed by atoms with E-state index in [4.69, 9.17) is 11.5 Å². The molecule has 2 aromatic rings. The zero-order chi connectivity index (χ0) is 13.8. The van der Waals surface area contributed by atoms with Crippen LogP contribution in [0.5, 0.6) is 0 Å². The molecule has 0 fully saturated rings. The van der Waals surface area contributed by atoms with Crippen LogP contribution in [0.1, 0.15) is 15.9 Å². The fourth-order valence-electron chi connectivity index (χ4n) is 1.41. The van der Waals surface area contributed by atoms with Crippen LogP contribution < -0.4 is 11.5 Å². The van der Waals surface area contributed by atoms with E-state index in [-0.39, 0.29) is 5.56 Å². The highest BCUT2D eigenvalue weighted by molar-refractivity contribution is 7.98. The first-order chi connectivity index (χ1) is 9.08. The van der Waals surface area contributed by atoms with Gasteiger partial charge in [0.15, 0.2) is 5.82 Å². The third-order valence-electron chi connectivity index (χ3n) is 2.39. The number of halogens is 1. The van der Waals surface area contributed by atoms with E-state index in [0.717, 1.165) is 6.07 Å². The van der Waals surface area contributed by atoms with Crippen LogP contribution in [0.4, 0.5) is 10.2 Å². The molecule has 1 aromatic heterocycles. The SMILES string of the molecule is NC(=O)c1ccc(CSc2nccnc2N)c(F)c1. The Morgan fingerprint density at radius 3 is 2.68 bits per heavy atom. The molecule has 0 aliphatic carbocycles. The number of rotatable bonds is 4. The second-order valence-corrected chi connectivity index (χ2v) is 4.67. The van der Waals surface area contributed by atoms with Gasteiger partial charge in [0, 0.05) is 23.7 Å². The van der Waals surface area contributed by atoms with E-state index in [1.54, 1.807) is 0 Å². The van der Waals surface area contributed by atoms with E-state index in [9.17, 15) is 9.18 Å². The summed E-state index contributed by atoms with van der Waals surface area (Å²) in [5.74, 6) is -0.488. The minimum absolute atomic E-state index is 0.144. The van der Waals surface area contributed by atoms with E-state index >= 15 is 0 Å². The number of aromatic nitrogens is 2. The van der Waals surface area contributed by atoms with Crippen molar-refractivity contribution in [2.24, 2.45) is 5.73 Å². The lowest BCUT2D eigenvalue weighted by molar-refractivity contribution is 0.1000. The van der Waals surface area contributed by atoms with Gasteiger partial charge < -0.3 is 11.5 Å². The Labute approximate surface area is 113 Å². The maximum Gasteiger partial charge on any atom is 0.248 e. The van der Waals surface area contributed by atoms with Gasteiger partial charge in [-0.15, -0.1) is 0 Å². The molecule has 98 valence electrons. The summed E-state index contributed by atoms with van der Waals surface area (Å²) in [4.78, 5) is 18.8. The smallest absolute Gasteiger partial charge is 0.248 e. The molecule has 1 heterocycles. The van der Waals surface area contributed by atoms with Crippen LogP contribution in [0.15, 0.2) is 35.6 Å². The average molecular weight is 278 g/mol. The van der Waals surface area contributed by atoms with Crippen molar-refractivity contribution in [2.45, 2.75) is 10.8 Å². The second-order valence-electron chi connectivity index (χ2n) is 3.71. The van der Waals surface area contributed by atoms with Gasteiger partial charge >= 0.3 is 0 Å². The van der Waals surface area contributed by atoms with Crippen molar-refractivity contribution in [1.29, 1.82) is 0 Å². The first-order valence-electron chi connectivity index (χ1n) is 5.35. The normalized spacial score (nSPS) is 10.4. The van der Waals surface area contributed by atoms with Crippen LogP contribution in [-0.4, -0.2) is 15.9 Å². The molecule has 0 bridgehead atoms. The second kappa shape index (κ2) is 5.66. The number of hydrogen-bond donors (Lipinski definition) is 2. The molecular formula is C12H11FN4OS. The molecule has 7 heteroatoms. The zero-order valence-electron chi connectivity index (χ0n) is 9.84. The molecule has 0 saturated carbocycles. The largest absolute Gasteiger partial charge is 0.381 e. The van der Waals surface area contributed by atoms with Crippen molar-refractivity contribution in [3.63, 3.8) is 0 Å². The quantitative estimate of drug-likeness (QED) is 0.828. The lowest BCUT2D eigenvalue weighted by Crippen LogP contribution is -2.11. The van der Waals surface area contributed by atoms with E-state index in [2.05, 4.69) is 9.97 Å². The summed E-state index contributed by atoms with van der Waals surface area (Å²) in [6.45, 7) is 0. The summed E-state index contributed by atoms with van der Waals surface area (Å²) >= 11 is 1.27. The number of thioether (sulfide) groups is 1. The van der Waals surface area contributed by atoms with Gasteiger partial charge in [0.05, 0.1) is 0 Å². The summed E-state index contributed by atoms with van der Waals surface area (Å²) in [5, 5.41) is 0.542. The Balaban J connectivity index is 2.12. The minimum atomic E-state index is -0.656. The first-order valence-corrected chi connectivity index (χ1v) is 6.34. The van der Waals surface area contributed by atoms with E-state index in [0.29, 0.717) is 22.2 Å². The number of nitrogen functional groups attached to an aromatic ring is 1. The number of nitrogens with two attached hydrogens (primary N) is 2. The summed E-state index contributed by atoms with van der Waals surface area (Å²) in [6.07, 6.45) is 3.01. The molecule has 0 atom stereocenters. The van der Waals surface area contributed by atoms with Crippen molar-refractivity contribution < 1.29 is 9.18 Å². The fourth-order valence-corrected chi connectivity index (χ4v) is 2.27. The topological polar surface area (TPSA) is 94.9 Å². The number of amides is 1. The number of hydrogen-bond acceptors (Lipinski definition) is 5. The van der Waals surface area contributed by atoms with Crippen LogP contribution in [0, 0.1) is 5.82 Å². The molecule has 19 heavy (non-hydrogen) atoms. The molecule has 0 aliphatic heterocycles. The molecule has 0 spiro atoms. The summed E-state index contributed by atoms with van der Waals surface area (Å²) in [6, 6.07) is 4.13. The van der Waals surface area contributed by atoms with Gasteiger partial charge in [-0.05, 0) is 17.7 Å². The molecule has 1 amide bonds. The molecule has 0 saturated heterocycles. The predicted molar refractivity (Wildman–Crippen MR) is 70.9 cm³/mol. The van der Waals surface area contributed by atoms with Gasteiger partial charge in [-0.1, -0.05) is 17.8 Å². The third kappa shape index (κ3) is 3.19. The predicted octanol–water partition coefficient (Wildman–Crippen LogP) is 1.59. The maximum absolute atomic E-state index is 13.7. The standard InChI is InChI=1S/C12H11FN4OS/c13-9-5-7(11(15)18)1-2-8(9)6-19-12-10(14)16-3-4-17-12/h1-5H,6H2,(H2,14,16)(H2,15,18). The van der Waals surface area contributed by atoms with Crippen molar-refractivity contribution in [3.8, 4) is 0 Å². The summed E-state index contributed by atoms with van der Waals surface area (Å²) in [5.41, 5.74) is 11.3. The lowest BCUT2D eigenvalue weighted by atomic mass is 10.1. The highest BCUT2D eigenvalue weighted by Crippen LogP contribution is 2.25. The highest BCUT2D eigenvalue weighted by Gasteiger charge is 2.09. The molecule has 0 unspecified atom stereocenters. The number of carbonyl (C=O) groups excluding carboxylic acids is 1. The Hall–Kier alpha value is -2.15. The van der Waals surface area contributed by atoms with Crippen molar-refractivity contribution in [2.75, 3.05) is 5.73 Å². The van der Waals surface area contributed by atoms with E-state index in [1.165, 1.54) is 36.3 Å². The average Bonchev–Trinajstić information content (AvgIpc) is 2.39. The lowest BCUT2D eigenvalue weighted by Gasteiger charge is -2.05. The molecule has 0 aliphatic rings. The molecule has 4 N–H and O–H groups in total. The minimum Gasteiger partial charge on any atom is -0.381 e. The van der Waals surface area contributed by atoms with Crippen LogP contribution in [0.25, 0.3) is 0 Å². The molecule has 2 rings (SSSR count). The van der Waals surface area contributed by atoms with Gasteiger partial charge in [-0.2, -0.15) is 0 Å². The van der Waals surface area contributed by atoms with Gasteiger partial charge in [0.1, 0.15) is 10.8 Å². The number of carbonyl (C=O) groups is 1. The summed E-state index contributed by atoms with van der Waals surface area (Å²) in [7, 11) is 0. The van der Waals surface area contributed by atoms with Crippen LogP contribution in [-0.2, 0) is 5.75 Å². The van der Waals surface area contributed by atoms with Gasteiger partial charge in [0.2, 0.25) is 5.91 Å². The Morgan fingerprint density at radius 2 is 2.05 bits per heavy atom. The maximum atomic E-state index is 13.7. The molecular weight excluding hydrogens is 267 g/mol. The van der Waals surface area contributed by atoms with E-state index in [1.807, 2.05) is 0 Å². The zero-order valence-corrected chi connectivity index (χ0v) is 10.7. The van der Waals surface area contributed by atoms with Gasteiger partial charge in [-0.25, -0.2) is 14.4 Å². The van der Waals surface area contributed by atoms with Crippen molar-refractivity contribution >= 4 is 23.5 Å². The highest BCUT2D eigenvalue weighted by atomic mass is 32.2. The molecule has 1 aromatic carbocycles. The van der Waals surface area contributed by atoms with Crippen LogP contribution in [0.2, 0.25) is 0 Å². The Kier molecular flexibility index (Phi) is 3.96. The first kappa shape index (κ1) is 13.3. The summed E-state index contributed by atoms with van der Waals surface area (Å²) < 4.78 is 13.7. The van der Waals surface area contributed by atoms with Crippen molar-refractivity contribution in [3.05, 3.63) is 47.5 Å². The number of primary amides is 1. The Bertz CT molecular complexity index is 620. The van der Waals surface area contributed by atoms with Gasteiger partial charge in [0.25, 0.3) is 0 Å². The number of nitrogens with zero attached hydrogens (tertiary/aromatic N) is 2. The third-order valence-corrected chi connectivity index (χ3v) is 3.44. The van der Waals surface area contributed by atoms with Crippen LogP contribution >= 0.6 is 11.8 Å².